The average molecular weight is 402 g/mol. The van der Waals surface area contributed by atoms with E-state index in [4.69, 9.17) is 20.8 Å². The van der Waals surface area contributed by atoms with Gasteiger partial charge in [0.05, 0.1) is 12.0 Å². The molecule has 7 nitrogen and oxygen atoms in total. The molecule has 3 aromatic rings. The molecule has 2 aromatic heterocycles. The van der Waals surface area contributed by atoms with Gasteiger partial charge in [0.1, 0.15) is 17.8 Å². The van der Waals surface area contributed by atoms with E-state index in [1.165, 1.54) is 6.26 Å². The third-order valence-corrected chi connectivity index (χ3v) is 3.85. The van der Waals surface area contributed by atoms with E-state index in [0.29, 0.717) is 22.2 Å². The highest BCUT2D eigenvalue weighted by Gasteiger charge is 2.20. The first kappa shape index (κ1) is 19.7. The standard InChI is InChI=1S/C20H20ClN3O4/c1-20(2,3)28-18(25)12-22-19(26)15-11-16(17-5-4-10-27-17)24(23-15)14-8-6-13(21)7-9-14/h4-11H,12H2,1-3H3,(H,22,26). The normalized spacial score (nSPS) is 11.3. The van der Waals surface area contributed by atoms with Crippen LogP contribution in [0.2, 0.25) is 5.02 Å². The number of aromatic nitrogens is 2. The largest absolute Gasteiger partial charge is 0.463 e. The SMILES string of the molecule is CC(C)(C)OC(=O)CNC(=O)c1cc(-c2ccco2)n(-c2ccc(Cl)cc2)n1. The van der Waals surface area contributed by atoms with E-state index in [1.54, 1.807) is 67.9 Å². The number of halogens is 1. The molecular formula is C20H20ClN3O4. The van der Waals surface area contributed by atoms with Crippen molar-refractivity contribution >= 4 is 23.5 Å². The molecule has 8 heteroatoms. The smallest absolute Gasteiger partial charge is 0.325 e. The third kappa shape index (κ3) is 4.80. The Morgan fingerprint density at radius 2 is 1.93 bits per heavy atom. The van der Waals surface area contributed by atoms with Crippen molar-refractivity contribution in [3.8, 4) is 17.1 Å². The van der Waals surface area contributed by atoms with Gasteiger partial charge >= 0.3 is 5.97 Å². The lowest BCUT2D eigenvalue weighted by molar-refractivity contribution is -0.153. The molecule has 1 aromatic carbocycles. The van der Waals surface area contributed by atoms with Gasteiger partial charge in [-0.25, -0.2) is 4.68 Å². The molecule has 0 spiro atoms. The van der Waals surface area contributed by atoms with Crippen molar-refractivity contribution in [1.29, 1.82) is 0 Å². The summed E-state index contributed by atoms with van der Waals surface area (Å²) < 4.78 is 12.2. The van der Waals surface area contributed by atoms with Gasteiger partial charge in [0.25, 0.3) is 5.91 Å². The van der Waals surface area contributed by atoms with Crippen molar-refractivity contribution in [2.24, 2.45) is 0 Å². The lowest BCUT2D eigenvalue weighted by atomic mass is 10.2. The Morgan fingerprint density at radius 1 is 1.21 bits per heavy atom. The highest BCUT2D eigenvalue weighted by atomic mass is 35.5. The van der Waals surface area contributed by atoms with E-state index in [9.17, 15) is 9.59 Å². The summed E-state index contributed by atoms with van der Waals surface area (Å²) in [4.78, 5) is 24.3. The number of ether oxygens (including phenoxy) is 1. The number of rotatable bonds is 5. The molecule has 0 radical (unpaired) electrons. The number of amides is 1. The van der Waals surface area contributed by atoms with Crippen LogP contribution in [0.1, 0.15) is 31.3 Å². The summed E-state index contributed by atoms with van der Waals surface area (Å²) in [6.45, 7) is 5.03. The van der Waals surface area contributed by atoms with Crippen LogP contribution in [0.4, 0.5) is 0 Å². The minimum Gasteiger partial charge on any atom is -0.463 e. The fraction of sp³-hybridized carbons (Fsp3) is 0.250. The van der Waals surface area contributed by atoms with Crippen LogP contribution >= 0.6 is 11.6 Å². The molecule has 28 heavy (non-hydrogen) atoms. The van der Waals surface area contributed by atoms with Gasteiger partial charge in [-0.15, -0.1) is 0 Å². The first-order valence-corrected chi connectivity index (χ1v) is 9.01. The van der Waals surface area contributed by atoms with E-state index < -0.39 is 17.5 Å². The van der Waals surface area contributed by atoms with Crippen LogP contribution in [-0.2, 0) is 9.53 Å². The molecule has 1 amide bonds. The molecule has 3 rings (SSSR count). The second-order valence-electron chi connectivity index (χ2n) is 7.05. The zero-order chi connectivity index (χ0) is 20.3. The quantitative estimate of drug-likeness (QED) is 0.656. The topological polar surface area (TPSA) is 86.4 Å². The lowest BCUT2D eigenvalue weighted by Gasteiger charge is -2.19. The summed E-state index contributed by atoms with van der Waals surface area (Å²) in [5.41, 5.74) is 0.825. The Kier molecular flexibility index (Phi) is 5.56. The van der Waals surface area contributed by atoms with Crippen LogP contribution in [0.3, 0.4) is 0 Å². The molecule has 2 heterocycles. The third-order valence-electron chi connectivity index (χ3n) is 3.60. The Bertz CT molecular complexity index is 970. The predicted molar refractivity (Wildman–Crippen MR) is 104 cm³/mol. The number of hydrogen-bond donors (Lipinski definition) is 1. The lowest BCUT2D eigenvalue weighted by Crippen LogP contribution is -2.34. The minimum absolute atomic E-state index is 0.143. The monoisotopic (exact) mass is 401 g/mol. The van der Waals surface area contributed by atoms with Crippen LogP contribution in [-0.4, -0.2) is 33.8 Å². The summed E-state index contributed by atoms with van der Waals surface area (Å²) in [5, 5.41) is 7.48. The zero-order valence-electron chi connectivity index (χ0n) is 15.7. The van der Waals surface area contributed by atoms with Gasteiger partial charge in [-0.3, -0.25) is 9.59 Å². The van der Waals surface area contributed by atoms with Crippen molar-refractivity contribution in [1.82, 2.24) is 15.1 Å². The Labute approximate surface area is 167 Å². The molecule has 0 aliphatic carbocycles. The second-order valence-corrected chi connectivity index (χ2v) is 7.49. The summed E-state index contributed by atoms with van der Waals surface area (Å²) in [5.74, 6) is -0.468. The molecule has 146 valence electrons. The number of carbonyl (C=O) groups is 2. The second kappa shape index (κ2) is 7.90. The van der Waals surface area contributed by atoms with Crippen molar-refractivity contribution < 1.29 is 18.7 Å². The molecule has 1 N–H and O–H groups in total. The van der Waals surface area contributed by atoms with Crippen LogP contribution in [0.25, 0.3) is 17.1 Å². The maximum atomic E-state index is 12.5. The van der Waals surface area contributed by atoms with Gasteiger partial charge in [0.2, 0.25) is 0 Å². The van der Waals surface area contributed by atoms with Crippen LogP contribution in [0.15, 0.2) is 53.1 Å². The zero-order valence-corrected chi connectivity index (χ0v) is 16.5. The minimum atomic E-state index is -0.621. The van der Waals surface area contributed by atoms with Crippen molar-refractivity contribution in [2.45, 2.75) is 26.4 Å². The number of hydrogen-bond acceptors (Lipinski definition) is 5. The highest BCUT2D eigenvalue weighted by molar-refractivity contribution is 6.30. The van der Waals surface area contributed by atoms with Crippen molar-refractivity contribution in [2.75, 3.05) is 6.54 Å². The van der Waals surface area contributed by atoms with Crippen molar-refractivity contribution in [3.05, 3.63) is 59.4 Å². The Hall–Kier alpha value is -3.06. The summed E-state index contributed by atoms with van der Waals surface area (Å²) >= 11 is 5.95. The molecule has 0 saturated carbocycles. The Morgan fingerprint density at radius 3 is 2.54 bits per heavy atom. The molecule has 0 unspecified atom stereocenters. The predicted octanol–water partition coefficient (Wildman–Crippen LogP) is 3.86. The van der Waals surface area contributed by atoms with Crippen molar-refractivity contribution in [3.63, 3.8) is 0 Å². The molecule has 0 saturated heterocycles. The van der Waals surface area contributed by atoms with Gasteiger partial charge in [0, 0.05) is 11.1 Å². The van der Waals surface area contributed by atoms with E-state index >= 15 is 0 Å². The number of carbonyl (C=O) groups excluding carboxylic acids is 2. The maximum Gasteiger partial charge on any atom is 0.325 e. The van der Waals surface area contributed by atoms with Gasteiger partial charge in [-0.1, -0.05) is 11.6 Å². The molecular weight excluding hydrogens is 382 g/mol. The first-order valence-electron chi connectivity index (χ1n) is 8.63. The maximum absolute atomic E-state index is 12.5. The summed E-state index contributed by atoms with van der Waals surface area (Å²) in [7, 11) is 0. The number of esters is 1. The van der Waals surface area contributed by atoms with E-state index in [0.717, 1.165) is 0 Å². The van der Waals surface area contributed by atoms with Crippen LogP contribution < -0.4 is 5.32 Å². The molecule has 0 atom stereocenters. The molecule has 0 aliphatic heterocycles. The van der Waals surface area contributed by atoms with Gasteiger partial charge in [-0.2, -0.15) is 5.10 Å². The van der Waals surface area contributed by atoms with E-state index in [1.807, 2.05) is 0 Å². The number of nitrogens with zero attached hydrogens (tertiary/aromatic N) is 2. The highest BCUT2D eigenvalue weighted by Crippen LogP contribution is 2.25. The molecule has 0 aliphatic rings. The summed E-state index contributed by atoms with van der Waals surface area (Å²) in [6, 6.07) is 12.1. The fourth-order valence-corrected chi connectivity index (χ4v) is 2.62. The van der Waals surface area contributed by atoms with Crippen LogP contribution in [0, 0.1) is 0 Å². The molecule has 0 bridgehead atoms. The van der Waals surface area contributed by atoms with Gasteiger partial charge < -0.3 is 14.5 Å². The Balaban J connectivity index is 1.84. The number of furan rings is 1. The van der Waals surface area contributed by atoms with Gasteiger partial charge in [-0.05, 0) is 57.2 Å². The summed E-state index contributed by atoms with van der Waals surface area (Å²) in [6.07, 6.45) is 1.54. The number of nitrogens with one attached hydrogen (secondary N) is 1. The van der Waals surface area contributed by atoms with Crippen LogP contribution in [0.5, 0.6) is 0 Å². The number of benzene rings is 1. The molecule has 0 fully saturated rings. The van der Waals surface area contributed by atoms with E-state index in [-0.39, 0.29) is 12.2 Å². The average Bonchev–Trinajstić information content (AvgIpc) is 3.28. The van der Waals surface area contributed by atoms with E-state index in [2.05, 4.69) is 10.4 Å². The first-order chi connectivity index (χ1) is 13.2. The van der Waals surface area contributed by atoms with Gasteiger partial charge in [0.15, 0.2) is 11.5 Å². The fourth-order valence-electron chi connectivity index (χ4n) is 2.49.